The zero-order chi connectivity index (χ0) is 15.5. The third-order valence-electron chi connectivity index (χ3n) is 3.73. The van der Waals surface area contributed by atoms with Crippen LogP contribution in [0, 0.1) is 0 Å². The highest BCUT2D eigenvalue weighted by Crippen LogP contribution is 2.17. The molecule has 0 N–H and O–H groups in total. The Morgan fingerprint density at radius 1 is 1.05 bits per heavy atom. The van der Waals surface area contributed by atoms with Gasteiger partial charge in [0.1, 0.15) is 6.09 Å². The third kappa shape index (κ3) is 2.98. The van der Waals surface area contributed by atoms with Crippen LogP contribution in [-0.4, -0.2) is 20.3 Å². The van der Waals surface area contributed by atoms with Gasteiger partial charge in [0, 0.05) is 12.7 Å². The van der Waals surface area contributed by atoms with Crippen molar-refractivity contribution in [2.75, 3.05) is 11.9 Å². The molecule has 0 aromatic heterocycles. The van der Waals surface area contributed by atoms with Crippen LogP contribution in [0.5, 0.6) is 0 Å². The van der Waals surface area contributed by atoms with E-state index in [9.17, 15) is 9.90 Å². The minimum atomic E-state index is -1.25. The van der Waals surface area contributed by atoms with E-state index in [1.165, 1.54) is 7.05 Å². The van der Waals surface area contributed by atoms with Gasteiger partial charge in [-0.2, -0.15) is 0 Å². The zero-order valence-corrected chi connectivity index (χ0v) is 12.2. The monoisotopic (exact) mass is 296 g/mol. The largest absolute Gasteiger partial charge is 0.530 e. The molecule has 0 aliphatic carbocycles. The topological polar surface area (TPSA) is 61.8 Å². The fraction of sp³-hybridized carbons (Fsp3) is 0.188. The Morgan fingerprint density at radius 2 is 1.59 bits per heavy atom. The molecule has 0 radical (unpaired) electrons. The molecular weight excluding hydrogens is 281 g/mol. The third-order valence-corrected chi connectivity index (χ3v) is 3.73. The predicted molar refractivity (Wildman–Crippen MR) is 81.6 cm³/mol. The van der Waals surface area contributed by atoms with Crippen LogP contribution in [0.25, 0.3) is 0 Å². The lowest BCUT2D eigenvalue weighted by molar-refractivity contribution is -0.246. The Hall–Kier alpha value is -2.31. The molecule has 1 amide bonds. The van der Waals surface area contributed by atoms with Crippen LogP contribution in [0.3, 0.4) is 0 Å². The summed E-state index contributed by atoms with van der Waals surface area (Å²) in [6, 6.07) is 15.0. The minimum absolute atomic E-state index is 0.463. The number of anilines is 1. The summed E-state index contributed by atoms with van der Waals surface area (Å²) in [6.07, 6.45) is -1.25. The standard InChI is InChI=1S/C16H16BNO4/c1-18(16(19)20)15-8-6-14(7-9-15)17-21-10-12-4-2-3-5-13(12)11-22-17/h2-9H,10-11H2,1H3,(H,19,20)/p-1. The number of amides is 1. The number of rotatable bonds is 2. The number of hydrogen-bond acceptors (Lipinski definition) is 4. The van der Waals surface area contributed by atoms with Gasteiger partial charge in [0.2, 0.25) is 0 Å². The summed E-state index contributed by atoms with van der Waals surface area (Å²) in [6.45, 7) is 0.975. The maximum Gasteiger partial charge on any atom is 0.494 e. The Balaban J connectivity index is 1.74. The summed E-state index contributed by atoms with van der Waals surface area (Å²) in [5, 5.41) is 10.8. The van der Waals surface area contributed by atoms with Gasteiger partial charge in [-0.1, -0.05) is 36.4 Å². The van der Waals surface area contributed by atoms with E-state index in [1.54, 1.807) is 24.3 Å². The number of fused-ring (bicyclic) bond motifs is 1. The van der Waals surface area contributed by atoms with Crippen molar-refractivity contribution in [2.24, 2.45) is 0 Å². The summed E-state index contributed by atoms with van der Waals surface area (Å²) < 4.78 is 11.6. The van der Waals surface area contributed by atoms with Gasteiger partial charge in [-0.15, -0.1) is 0 Å². The molecule has 0 saturated heterocycles. The Bertz CT molecular complexity index is 647. The van der Waals surface area contributed by atoms with Crippen LogP contribution in [-0.2, 0) is 22.5 Å². The number of carbonyl (C=O) groups excluding carboxylic acids is 1. The number of carboxylic acid groups (broad SMARTS) is 1. The normalized spacial score (nSPS) is 14.1. The van der Waals surface area contributed by atoms with Crippen molar-refractivity contribution < 1.29 is 19.2 Å². The number of benzene rings is 2. The molecule has 0 spiro atoms. The van der Waals surface area contributed by atoms with E-state index >= 15 is 0 Å². The molecule has 1 aliphatic rings. The second-order valence-electron chi connectivity index (χ2n) is 5.14. The van der Waals surface area contributed by atoms with Gasteiger partial charge >= 0.3 is 7.12 Å². The van der Waals surface area contributed by atoms with Crippen LogP contribution < -0.4 is 15.5 Å². The minimum Gasteiger partial charge on any atom is -0.530 e. The molecule has 5 nitrogen and oxygen atoms in total. The Labute approximate surface area is 129 Å². The van der Waals surface area contributed by atoms with E-state index < -0.39 is 13.2 Å². The van der Waals surface area contributed by atoms with Crippen molar-refractivity contribution >= 4 is 24.4 Å². The number of hydrogen-bond donors (Lipinski definition) is 0. The first-order chi connectivity index (χ1) is 10.6. The van der Waals surface area contributed by atoms with Gasteiger partial charge in [-0.25, -0.2) is 0 Å². The molecule has 3 rings (SSSR count). The lowest BCUT2D eigenvalue weighted by Gasteiger charge is -2.20. The van der Waals surface area contributed by atoms with E-state index in [1.807, 2.05) is 24.3 Å². The van der Waals surface area contributed by atoms with Crippen LogP contribution in [0.15, 0.2) is 48.5 Å². The van der Waals surface area contributed by atoms with E-state index in [2.05, 4.69) is 0 Å². The van der Waals surface area contributed by atoms with Crippen molar-refractivity contribution in [3.63, 3.8) is 0 Å². The summed E-state index contributed by atoms with van der Waals surface area (Å²) in [5.74, 6) is 0. The Kier molecular flexibility index (Phi) is 4.13. The second-order valence-corrected chi connectivity index (χ2v) is 5.14. The molecule has 112 valence electrons. The van der Waals surface area contributed by atoms with Crippen molar-refractivity contribution in [1.29, 1.82) is 0 Å². The van der Waals surface area contributed by atoms with Crippen molar-refractivity contribution in [3.05, 3.63) is 59.7 Å². The number of nitrogens with zero attached hydrogens (tertiary/aromatic N) is 1. The SMILES string of the molecule is CN(C(=O)[O-])c1ccc(B2OCc3ccccc3CO2)cc1. The van der Waals surface area contributed by atoms with Gasteiger partial charge < -0.3 is 24.1 Å². The van der Waals surface area contributed by atoms with E-state index in [0.29, 0.717) is 18.9 Å². The smallest absolute Gasteiger partial charge is 0.494 e. The van der Waals surface area contributed by atoms with Crippen molar-refractivity contribution in [2.45, 2.75) is 13.2 Å². The summed E-state index contributed by atoms with van der Waals surface area (Å²) in [4.78, 5) is 11.9. The molecule has 0 saturated carbocycles. The van der Waals surface area contributed by atoms with Crippen molar-refractivity contribution in [3.8, 4) is 0 Å². The lowest BCUT2D eigenvalue weighted by atomic mass is 9.79. The molecule has 22 heavy (non-hydrogen) atoms. The van der Waals surface area contributed by atoms with Gasteiger partial charge in [0.15, 0.2) is 0 Å². The highest BCUT2D eigenvalue weighted by molar-refractivity contribution is 6.61. The highest BCUT2D eigenvalue weighted by atomic mass is 16.6. The van der Waals surface area contributed by atoms with E-state index in [0.717, 1.165) is 21.5 Å². The van der Waals surface area contributed by atoms with Crippen LogP contribution in [0.1, 0.15) is 11.1 Å². The quantitative estimate of drug-likeness (QED) is 0.773. The first-order valence-corrected chi connectivity index (χ1v) is 7.00. The zero-order valence-electron chi connectivity index (χ0n) is 12.2. The van der Waals surface area contributed by atoms with E-state index in [-0.39, 0.29) is 0 Å². The molecule has 0 unspecified atom stereocenters. The molecule has 0 atom stereocenters. The highest BCUT2D eigenvalue weighted by Gasteiger charge is 2.25. The van der Waals surface area contributed by atoms with Gasteiger partial charge in [-0.05, 0) is 28.7 Å². The predicted octanol–water partition coefficient (Wildman–Crippen LogP) is 0.908. The first-order valence-electron chi connectivity index (χ1n) is 7.00. The first kappa shape index (κ1) is 14.6. The van der Waals surface area contributed by atoms with Crippen LogP contribution >= 0.6 is 0 Å². The maximum atomic E-state index is 10.8. The molecule has 2 aromatic rings. The molecule has 0 bridgehead atoms. The average Bonchev–Trinajstić information content (AvgIpc) is 2.77. The molecule has 1 aliphatic heterocycles. The molecule has 6 heteroatoms. The average molecular weight is 296 g/mol. The summed E-state index contributed by atoms with van der Waals surface area (Å²) in [5.41, 5.74) is 3.64. The van der Waals surface area contributed by atoms with Gasteiger partial charge in [0.05, 0.1) is 13.2 Å². The fourth-order valence-corrected chi connectivity index (χ4v) is 2.37. The van der Waals surface area contributed by atoms with Gasteiger partial charge in [0.25, 0.3) is 0 Å². The van der Waals surface area contributed by atoms with Crippen molar-refractivity contribution in [1.82, 2.24) is 0 Å². The lowest BCUT2D eigenvalue weighted by Crippen LogP contribution is -2.39. The van der Waals surface area contributed by atoms with Crippen LogP contribution in [0.4, 0.5) is 10.5 Å². The summed E-state index contributed by atoms with van der Waals surface area (Å²) in [7, 11) is 0.981. The summed E-state index contributed by atoms with van der Waals surface area (Å²) >= 11 is 0. The van der Waals surface area contributed by atoms with Crippen LogP contribution in [0.2, 0.25) is 0 Å². The van der Waals surface area contributed by atoms with Gasteiger partial charge in [-0.3, -0.25) is 0 Å². The molecule has 2 aromatic carbocycles. The second kappa shape index (κ2) is 6.21. The molecule has 0 fully saturated rings. The van der Waals surface area contributed by atoms with E-state index in [4.69, 9.17) is 9.31 Å². The number of carbonyl (C=O) groups is 1. The fourth-order valence-electron chi connectivity index (χ4n) is 2.37. The molecule has 1 heterocycles. The molecular formula is C16H15BNO4-. The Morgan fingerprint density at radius 3 is 2.09 bits per heavy atom. The maximum absolute atomic E-state index is 10.8.